The van der Waals surface area contributed by atoms with Gasteiger partial charge in [-0.3, -0.25) is 4.79 Å². The minimum atomic E-state index is -1.13. The number of rotatable bonds is 10. The number of hydrogen-bond acceptors (Lipinski definition) is 5. The Bertz CT molecular complexity index is 1020. The Kier molecular flexibility index (Phi) is 10.4. The molecule has 0 aliphatic heterocycles. The number of carboxylic acid groups (broad SMARTS) is 1. The zero-order chi connectivity index (χ0) is 24.2. The normalized spacial score (nSPS) is 11.5. The molecule has 1 unspecified atom stereocenters. The molecule has 8 heteroatoms. The summed E-state index contributed by atoms with van der Waals surface area (Å²) < 4.78 is 5.72. The fourth-order valence-corrected chi connectivity index (χ4v) is 3.09. The maximum atomic E-state index is 11.0. The van der Waals surface area contributed by atoms with Gasteiger partial charge in [-0.1, -0.05) is 30.3 Å². The number of carboxylic acids is 1. The van der Waals surface area contributed by atoms with Gasteiger partial charge in [0.15, 0.2) is 0 Å². The summed E-state index contributed by atoms with van der Waals surface area (Å²) >= 11 is 0. The van der Waals surface area contributed by atoms with Gasteiger partial charge in [-0.2, -0.15) is 0 Å². The van der Waals surface area contributed by atoms with Gasteiger partial charge >= 0.3 is 0 Å². The van der Waals surface area contributed by atoms with Crippen LogP contribution in [-0.4, -0.2) is 53.8 Å². The smallest absolute Gasteiger partial charge is 0.216 e. The largest absolute Gasteiger partial charge is 0.545 e. The third-order valence-electron chi connectivity index (χ3n) is 4.84. The van der Waals surface area contributed by atoms with Crippen LogP contribution in [0.4, 0.5) is 0 Å². The number of aliphatic hydroxyl groups excluding tert-OH is 1. The van der Waals surface area contributed by atoms with Crippen LogP contribution in [0.1, 0.15) is 36.7 Å². The molecular weight excluding hydrogens is 422 g/mol. The zero-order valence-electron chi connectivity index (χ0n) is 19.3. The molecule has 2 aromatic carbocycles. The van der Waals surface area contributed by atoms with Crippen molar-refractivity contribution in [1.82, 2.24) is 10.3 Å². The van der Waals surface area contributed by atoms with E-state index in [9.17, 15) is 19.8 Å². The number of quaternary nitrogens is 1. The van der Waals surface area contributed by atoms with Crippen LogP contribution >= 0.6 is 0 Å². The molecule has 0 bridgehead atoms. The highest BCUT2D eigenvalue weighted by Gasteiger charge is 2.10. The van der Waals surface area contributed by atoms with Gasteiger partial charge in [0.1, 0.15) is 25.0 Å². The third-order valence-corrected chi connectivity index (χ3v) is 4.84. The van der Waals surface area contributed by atoms with E-state index in [-0.39, 0.29) is 18.1 Å². The Morgan fingerprint density at radius 3 is 2.52 bits per heavy atom. The summed E-state index contributed by atoms with van der Waals surface area (Å²) in [5.41, 5.74) is 2.39. The first-order chi connectivity index (χ1) is 15.8. The lowest BCUT2D eigenvalue weighted by Crippen LogP contribution is -2.90. The SMILES string of the molecule is CC(=O)NCCc1c[nH]c2ccc(OCC(O)C[NH2+]C(C)C)cc12.O=C([O-])c1ccccc1. The summed E-state index contributed by atoms with van der Waals surface area (Å²) in [6.07, 6.45) is 2.23. The van der Waals surface area contributed by atoms with Gasteiger partial charge in [-0.15, -0.1) is 0 Å². The lowest BCUT2D eigenvalue weighted by molar-refractivity contribution is -0.688. The highest BCUT2D eigenvalue weighted by atomic mass is 16.5. The number of fused-ring (bicyclic) bond motifs is 1. The van der Waals surface area contributed by atoms with E-state index in [0.29, 0.717) is 19.1 Å². The molecule has 0 saturated carbocycles. The number of nitrogens with one attached hydrogen (secondary N) is 2. The average Bonchev–Trinajstić information content (AvgIpc) is 3.19. The second kappa shape index (κ2) is 13.2. The summed E-state index contributed by atoms with van der Waals surface area (Å²) in [7, 11) is 0. The van der Waals surface area contributed by atoms with Gasteiger partial charge in [0.05, 0.1) is 12.0 Å². The summed E-state index contributed by atoms with van der Waals surface area (Å²) in [5, 5.41) is 26.0. The number of amides is 1. The molecule has 0 saturated heterocycles. The number of nitrogens with two attached hydrogens (primary N) is 1. The zero-order valence-corrected chi connectivity index (χ0v) is 19.3. The summed E-state index contributed by atoms with van der Waals surface area (Å²) in [6, 6.07) is 14.4. The van der Waals surface area contributed by atoms with E-state index in [2.05, 4.69) is 29.5 Å². The quantitative estimate of drug-likeness (QED) is 0.356. The monoisotopic (exact) mass is 455 g/mol. The van der Waals surface area contributed by atoms with Crippen LogP contribution in [0.3, 0.4) is 0 Å². The number of hydrogen-bond donors (Lipinski definition) is 4. The van der Waals surface area contributed by atoms with Gasteiger partial charge in [0.2, 0.25) is 5.91 Å². The molecule has 0 spiro atoms. The van der Waals surface area contributed by atoms with Crippen molar-refractivity contribution in [2.45, 2.75) is 39.3 Å². The van der Waals surface area contributed by atoms with Gasteiger partial charge in [0, 0.05) is 30.6 Å². The Balaban J connectivity index is 0.000000357. The molecule has 1 atom stereocenters. The Morgan fingerprint density at radius 1 is 1.18 bits per heavy atom. The molecule has 178 valence electrons. The summed E-state index contributed by atoms with van der Waals surface area (Å²) in [4.78, 5) is 24.3. The Morgan fingerprint density at radius 2 is 1.91 bits per heavy atom. The second-order valence-electron chi connectivity index (χ2n) is 8.09. The molecule has 0 aliphatic rings. The van der Waals surface area contributed by atoms with Gasteiger partial charge in [-0.25, -0.2) is 0 Å². The second-order valence-corrected chi connectivity index (χ2v) is 8.09. The van der Waals surface area contributed by atoms with Gasteiger partial charge < -0.3 is 35.4 Å². The number of aromatic carboxylic acids is 1. The third kappa shape index (κ3) is 9.34. The molecular formula is C25H33N3O5. The molecule has 1 aromatic heterocycles. The molecule has 5 N–H and O–H groups in total. The van der Waals surface area contributed by atoms with E-state index in [0.717, 1.165) is 28.6 Å². The van der Waals surface area contributed by atoms with Crippen LogP contribution < -0.4 is 20.5 Å². The highest BCUT2D eigenvalue weighted by Crippen LogP contribution is 2.24. The number of benzene rings is 2. The number of aromatic nitrogens is 1. The van der Waals surface area contributed by atoms with Crippen molar-refractivity contribution in [3.8, 4) is 5.75 Å². The highest BCUT2D eigenvalue weighted by molar-refractivity contribution is 5.85. The Labute approximate surface area is 194 Å². The van der Waals surface area contributed by atoms with Crippen LogP contribution in [0, 0.1) is 0 Å². The van der Waals surface area contributed by atoms with Crippen molar-refractivity contribution in [1.29, 1.82) is 0 Å². The number of H-pyrrole nitrogens is 1. The van der Waals surface area contributed by atoms with Crippen molar-refractivity contribution in [2.24, 2.45) is 0 Å². The minimum Gasteiger partial charge on any atom is -0.545 e. The van der Waals surface area contributed by atoms with Crippen molar-refractivity contribution in [3.05, 3.63) is 65.9 Å². The number of aliphatic hydroxyl groups is 1. The maximum Gasteiger partial charge on any atom is 0.216 e. The van der Waals surface area contributed by atoms with Crippen LogP contribution in [0.5, 0.6) is 5.75 Å². The molecule has 3 aromatic rings. The van der Waals surface area contributed by atoms with Crippen LogP contribution in [0.2, 0.25) is 0 Å². The molecule has 1 amide bonds. The molecule has 33 heavy (non-hydrogen) atoms. The molecule has 0 radical (unpaired) electrons. The first-order valence-corrected chi connectivity index (χ1v) is 11.0. The van der Waals surface area contributed by atoms with Gasteiger partial charge in [0.25, 0.3) is 0 Å². The lowest BCUT2D eigenvalue weighted by Gasteiger charge is -2.13. The number of carbonyl (C=O) groups is 2. The first kappa shape index (κ1) is 25.9. The molecule has 8 nitrogen and oxygen atoms in total. The van der Waals surface area contributed by atoms with Crippen LogP contribution in [0.25, 0.3) is 10.9 Å². The van der Waals surface area contributed by atoms with E-state index in [4.69, 9.17) is 4.74 Å². The van der Waals surface area contributed by atoms with Crippen molar-refractivity contribution >= 4 is 22.8 Å². The van der Waals surface area contributed by atoms with E-state index in [1.54, 1.807) is 18.2 Å². The standard InChI is InChI=1S/C18H27N3O3.C7H6O2/c1-12(2)20-10-15(23)11-24-16-4-5-18-17(8-16)14(9-21-18)6-7-19-13(3)22;8-7(9)6-4-2-1-3-5-6/h4-5,8-9,12,15,20-21,23H,6-7,10-11H2,1-3H3,(H,19,22);1-5H,(H,8,9). The fraction of sp³-hybridized carbons (Fsp3) is 0.360. The van der Waals surface area contributed by atoms with E-state index in [1.165, 1.54) is 19.1 Å². The fourth-order valence-electron chi connectivity index (χ4n) is 3.09. The first-order valence-electron chi connectivity index (χ1n) is 11.0. The summed E-state index contributed by atoms with van der Waals surface area (Å²) in [5.74, 6) is -0.409. The number of carbonyl (C=O) groups excluding carboxylic acids is 2. The minimum absolute atomic E-state index is 0.0222. The molecule has 1 heterocycles. The van der Waals surface area contributed by atoms with E-state index < -0.39 is 12.1 Å². The number of ether oxygens (including phenoxy) is 1. The van der Waals surface area contributed by atoms with Crippen molar-refractivity contribution < 1.29 is 29.9 Å². The maximum absolute atomic E-state index is 11.0. The Hall–Kier alpha value is -3.36. The van der Waals surface area contributed by atoms with Crippen LogP contribution in [0.15, 0.2) is 54.7 Å². The molecule has 3 rings (SSSR count). The predicted molar refractivity (Wildman–Crippen MR) is 125 cm³/mol. The lowest BCUT2D eigenvalue weighted by atomic mass is 10.1. The van der Waals surface area contributed by atoms with Crippen LogP contribution in [-0.2, 0) is 11.2 Å². The molecule has 0 aliphatic carbocycles. The van der Waals surface area contributed by atoms with Crippen molar-refractivity contribution in [2.75, 3.05) is 19.7 Å². The molecule has 0 fully saturated rings. The van der Waals surface area contributed by atoms with Crippen molar-refractivity contribution in [3.63, 3.8) is 0 Å². The average molecular weight is 456 g/mol. The van der Waals surface area contributed by atoms with E-state index in [1.807, 2.05) is 24.4 Å². The predicted octanol–water partition coefficient (Wildman–Crippen LogP) is 0.608. The topological polar surface area (TPSA) is 131 Å². The summed E-state index contributed by atoms with van der Waals surface area (Å²) in [6.45, 7) is 7.22. The van der Waals surface area contributed by atoms with E-state index >= 15 is 0 Å². The van der Waals surface area contributed by atoms with Gasteiger partial charge in [-0.05, 0) is 49.6 Å². The number of aromatic amines is 1.